The van der Waals surface area contributed by atoms with Gasteiger partial charge in [0.1, 0.15) is 0 Å². The molecule has 0 bridgehead atoms. The molecule has 0 aliphatic heterocycles. The molecule has 1 saturated carbocycles. The summed E-state index contributed by atoms with van der Waals surface area (Å²) < 4.78 is 4.60. The molecule has 0 saturated heterocycles. The first-order chi connectivity index (χ1) is 9.20. The van der Waals surface area contributed by atoms with E-state index in [9.17, 15) is 9.59 Å². The van der Waals surface area contributed by atoms with Gasteiger partial charge in [0.15, 0.2) is 0 Å². The number of hydrogen-bond acceptors (Lipinski definition) is 3. The highest BCUT2D eigenvalue weighted by Gasteiger charge is 2.32. The van der Waals surface area contributed by atoms with E-state index in [2.05, 4.69) is 10.1 Å². The van der Waals surface area contributed by atoms with Gasteiger partial charge in [0.2, 0.25) is 0 Å². The number of carbonyl (C=O) groups excluding carboxylic acids is 2. The van der Waals surface area contributed by atoms with Crippen molar-refractivity contribution in [1.29, 1.82) is 0 Å². The molecular weight excluding hydrogens is 244 g/mol. The summed E-state index contributed by atoms with van der Waals surface area (Å²) in [6.45, 7) is 0.399. The Labute approximate surface area is 112 Å². The molecule has 0 unspecified atom stereocenters. The number of hydrogen-bond donors (Lipinski definition) is 1. The molecule has 1 N–H and O–H groups in total. The van der Waals surface area contributed by atoms with Gasteiger partial charge in [-0.2, -0.15) is 0 Å². The lowest BCUT2D eigenvalue weighted by Gasteiger charge is -2.22. The van der Waals surface area contributed by atoms with Gasteiger partial charge in [0.05, 0.1) is 13.5 Å². The minimum atomic E-state index is -0.293. The van der Waals surface area contributed by atoms with E-state index in [1.54, 1.807) is 4.90 Å². The maximum atomic E-state index is 12.2. The predicted molar refractivity (Wildman–Crippen MR) is 71.8 cm³/mol. The number of ether oxygens (including phenoxy) is 1. The Hall–Kier alpha value is -2.04. The van der Waals surface area contributed by atoms with Crippen LogP contribution in [0.1, 0.15) is 19.3 Å². The summed E-state index contributed by atoms with van der Waals surface area (Å²) >= 11 is 0. The molecule has 19 heavy (non-hydrogen) atoms. The van der Waals surface area contributed by atoms with Crippen LogP contribution in [0.4, 0.5) is 10.5 Å². The molecule has 2 rings (SSSR count). The Bertz CT molecular complexity index is 443. The van der Waals surface area contributed by atoms with Crippen LogP contribution < -0.4 is 5.32 Å². The monoisotopic (exact) mass is 262 g/mol. The van der Waals surface area contributed by atoms with Crippen LogP contribution in [0.2, 0.25) is 0 Å². The first kappa shape index (κ1) is 13.4. The van der Waals surface area contributed by atoms with Gasteiger partial charge in [-0.05, 0) is 25.0 Å². The maximum Gasteiger partial charge on any atom is 0.322 e. The molecule has 1 aliphatic rings. The molecule has 0 spiro atoms. The highest BCUT2D eigenvalue weighted by molar-refractivity contribution is 5.90. The number of esters is 1. The summed E-state index contributed by atoms with van der Waals surface area (Å²) in [5, 5.41) is 2.84. The van der Waals surface area contributed by atoms with Gasteiger partial charge < -0.3 is 15.0 Å². The summed E-state index contributed by atoms with van der Waals surface area (Å²) in [6, 6.07) is 9.40. The normalized spacial score (nSPS) is 13.7. The molecule has 1 fully saturated rings. The van der Waals surface area contributed by atoms with E-state index in [1.807, 2.05) is 30.3 Å². The van der Waals surface area contributed by atoms with E-state index in [-0.39, 0.29) is 24.5 Å². The number of para-hydroxylation sites is 1. The topological polar surface area (TPSA) is 58.6 Å². The predicted octanol–water partition coefficient (Wildman–Crippen LogP) is 2.25. The zero-order chi connectivity index (χ0) is 13.7. The van der Waals surface area contributed by atoms with Crippen molar-refractivity contribution < 1.29 is 14.3 Å². The second kappa shape index (κ2) is 6.22. The van der Waals surface area contributed by atoms with Gasteiger partial charge in [-0.25, -0.2) is 4.79 Å². The molecule has 5 heteroatoms. The lowest BCUT2D eigenvalue weighted by molar-refractivity contribution is -0.140. The maximum absolute atomic E-state index is 12.2. The van der Waals surface area contributed by atoms with E-state index in [4.69, 9.17) is 0 Å². The third-order valence-corrected chi connectivity index (χ3v) is 3.06. The van der Waals surface area contributed by atoms with Crippen molar-refractivity contribution in [3.05, 3.63) is 30.3 Å². The van der Waals surface area contributed by atoms with Crippen LogP contribution in [0.15, 0.2) is 30.3 Å². The zero-order valence-corrected chi connectivity index (χ0v) is 11.0. The number of anilines is 1. The standard InChI is InChI=1S/C14H18N2O3/c1-19-13(17)9-10-16(12-7-8-12)14(18)15-11-5-3-2-4-6-11/h2-6,12H,7-10H2,1H3,(H,15,18). The largest absolute Gasteiger partial charge is 0.469 e. The molecular formula is C14H18N2O3. The third kappa shape index (κ3) is 3.98. The van der Waals surface area contributed by atoms with Crippen molar-refractivity contribution in [3.63, 3.8) is 0 Å². The Kier molecular flexibility index (Phi) is 4.39. The van der Waals surface area contributed by atoms with Crippen LogP contribution in [0.5, 0.6) is 0 Å². The van der Waals surface area contributed by atoms with Gasteiger partial charge in [0, 0.05) is 18.3 Å². The van der Waals surface area contributed by atoms with E-state index >= 15 is 0 Å². The van der Waals surface area contributed by atoms with Crippen LogP contribution in [0.3, 0.4) is 0 Å². The Morgan fingerprint density at radius 3 is 2.58 bits per heavy atom. The van der Waals surface area contributed by atoms with Gasteiger partial charge in [-0.3, -0.25) is 4.79 Å². The second-order valence-electron chi connectivity index (χ2n) is 4.55. The summed E-state index contributed by atoms with van der Waals surface area (Å²) in [7, 11) is 1.35. The number of nitrogens with one attached hydrogen (secondary N) is 1. The Morgan fingerprint density at radius 1 is 1.32 bits per heavy atom. The van der Waals surface area contributed by atoms with Crippen LogP contribution in [0.25, 0.3) is 0 Å². The number of benzene rings is 1. The van der Waals surface area contributed by atoms with Crippen molar-refractivity contribution >= 4 is 17.7 Å². The molecule has 0 atom stereocenters. The third-order valence-electron chi connectivity index (χ3n) is 3.06. The van der Waals surface area contributed by atoms with Crippen molar-refractivity contribution in [2.24, 2.45) is 0 Å². The fourth-order valence-electron chi connectivity index (χ4n) is 1.87. The molecule has 102 valence electrons. The number of urea groups is 1. The lowest BCUT2D eigenvalue weighted by Crippen LogP contribution is -2.38. The summed E-state index contributed by atoms with van der Waals surface area (Å²) in [6.07, 6.45) is 2.24. The Morgan fingerprint density at radius 2 is 2.00 bits per heavy atom. The van der Waals surface area contributed by atoms with Crippen LogP contribution >= 0.6 is 0 Å². The van der Waals surface area contributed by atoms with E-state index in [0.29, 0.717) is 6.54 Å². The zero-order valence-electron chi connectivity index (χ0n) is 11.0. The number of rotatable bonds is 5. The van der Waals surface area contributed by atoms with Gasteiger partial charge in [-0.1, -0.05) is 18.2 Å². The number of nitrogens with zero attached hydrogens (tertiary/aromatic N) is 1. The number of methoxy groups -OCH3 is 1. The molecule has 1 aliphatic carbocycles. The van der Waals surface area contributed by atoms with E-state index in [0.717, 1.165) is 18.5 Å². The average Bonchev–Trinajstić information content (AvgIpc) is 3.24. The molecule has 0 heterocycles. The first-order valence-electron chi connectivity index (χ1n) is 6.40. The van der Waals surface area contributed by atoms with Gasteiger partial charge in [-0.15, -0.1) is 0 Å². The molecule has 0 radical (unpaired) electrons. The molecule has 0 aromatic heterocycles. The average molecular weight is 262 g/mol. The molecule has 2 amide bonds. The van der Waals surface area contributed by atoms with Crippen molar-refractivity contribution in [2.75, 3.05) is 19.0 Å². The fourth-order valence-corrected chi connectivity index (χ4v) is 1.87. The smallest absolute Gasteiger partial charge is 0.322 e. The van der Waals surface area contributed by atoms with Crippen LogP contribution in [0, 0.1) is 0 Å². The Balaban J connectivity index is 1.91. The SMILES string of the molecule is COC(=O)CCN(C(=O)Nc1ccccc1)C1CC1. The molecule has 1 aromatic carbocycles. The molecule has 1 aromatic rings. The van der Waals surface area contributed by atoms with Gasteiger partial charge in [0.25, 0.3) is 0 Å². The summed E-state index contributed by atoms with van der Waals surface area (Å²) in [5.41, 5.74) is 0.760. The van der Waals surface area contributed by atoms with Crippen LogP contribution in [-0.4, -0.2) is 36.6 Å². The minimum absolute atomic E-state index is 0.155. The van der Waals surface area contributed by atoms with Crippen molar-refractivity contribution in [3.8, 4) is 0 Å². The van der Waals surface area contributed by atoms with Crippen molar-refractivity contribution in [2.45, 2.75) is 25.3 Å². The number of amides is 2. The van der Waals surface area contributed by atoms with E-state index in [1.165, 1.54) is 7.11 Å². The minimum Gasteiger partial charge on any atom is -0.469 e. The van der Waals surface area contributed by atoms with Crippen LogP contribution in [-0.2, 0) is 9.53 Å². The quantitative estimate of drug-likeness (QED) is 0.828. The fraction of sp³-hybridized carbons (Fsp3) is 0.429. The van der Waals surface area contributed by atoms with Gasteiger partial charge >= 0.3 is 12.0 Å². The number of carbonyl (C=O) groups is 2. The summed E-state index contributed by atoms with van der Waals surface area (Å²) in [4.78, 5) is 25.0. The summed E-state index contributed by atoms with van der Waals surface area (Å²) in [5.74, 6) is -0.293. The first-order valence-corrected chi connectivity index (χ1v) is 6.40. The highest BCUT2D eigenvalue weighted by atomic mass is 16.5. The van der Waals surface area contributed by atoms with E-state index < -0.39 is 0 Å². The molecule has 5 nitrogen and oxygen atoms in total. The lowest BCUT2D eigenvalue weighted by atomic mass is 10.3. The van der Waals surface area contributed by atoms with Crippen molar-refractivity contribution in [1.82, 2.24) is 4.90 Å². The second-order valence-corrected chi connectivity index (χ2v) is 4.55. The highest BCUT2D eigenvalue weighted by Crippen LogP contribution is 2.27.